The fraction of sp³-hybridized carbons (Fsp3) is 1.00. The van der Waals surface area contributed by atoms with Gasteiger partial charge in [-0.15, -0.1) is 0 Å². The fourth-order valence-electron chi connectivity index (χ4n) is 2.43. The van der Waals surface area contributed by atoms with Gasteiger partial charge in [-0.05, 0) is 26.2 Å². The summed E-state index contributed by atoms with van der Waals surface area (Å²) in [5.74, 6) is 0. The molecule has 19 heavy (non-hydrogen) atoms. The molecule has 0 saturated heterocycles. The van der Waals surface area contributed by atoms with Crippen LogP contribution in [0.5, 0.6) is 0 Å². The van der Waals surface area contributed by atoms with E-state index in [1.807, 2.05) is 0 Å². The Hall–Kier alpha value is -0.120. The number of hydrogen-bond donors (Lipinski definition) is 1. The Kier molecular flexibility index (Phi) is 11.6. The summed E-state index contributed by atoms with van der Waals surface area (Å²) in [6.07, 6.45) is 11.0. The summed E-state index contributed by atoms with van der Waals surface area (Å²) in [5, 5.41) is 12.6. The van der Waals surface area contributed by atoms with E-state index in [-0.39, 0.29) is 10.8 Å². The van der Waals surface area contributed by atoms with Crippen molar-refractivity contribution in [1.82, 2.24) is 5.43 Å². The summed E-state index contributed by atoms with van der Waals surface area (Å²) >= 11 is 0. The minimum atomic E-state index is -0.206. The summed E-state index contributed by atoms with van der Waals surface area (Å²) in [7, 11) is 0. The maximum Gasteiger partial charge on any atom is 0.103 e. The minimum Gasteiger partial charge on any atom is -0.611 e. The van der Waals surface area contributed by atoms with E-state index >= 15 is 0 Å². The van der Waals surface area contributed by atoms with E-state index in [0.29, 0.717) is 6.54 Å². The third-order valence-electron chi connectivity index (χ3n) is 4.02. The predicted molar refractivity (Wildman–Crippen MR) is 84.5 cm³/mol. The van der Waals surface area contributed by atoms with Crippen molar-refractivity contribution >= 4 is 0 Å². The molecule has 3 nitrogen and oxygen atoms in total. The number of hydrogen-bond acceptors (Lipinski definition) is 2. The van der Waals surface area contributed by atoms with Crippen LogP contribution < -0.4 is 5.43 Å². The lowest BCUT2D eigenvalue weighted by molar-refractivity contribution is -0.946. The van der Waals surface area contributed by atoms with Crippen molar-refractivity contribution in [2.75, 3.05) is 13.1 Å². The van der Waals surface area contributed by atoms with E-state index in [1.54, 1.807) is 0 Å². The van der Waals surface area contributed by atoms with Gasteiger partial charge < -0.3 is 5.21 Å². The van der Waals surface area contributed by atoms with Crippen molar-refractivity contribution < 1.29 is 4.76 Å². The first-order chi connectivity index (χ1) is 9.10. The van der Waals surface area contributed by atoms with Gasteiger partial charge in [0.1, 0.15) is 6.04 Å². The Balaban J connectivity index is 3.70. The van der Waals surface area contributed by atoms with Gasteiger partial charge in [0, 0.05) is 6.54 Å². The maximum atomic E-state index is 12.6. The highest BCUT2D eigenvalue weighted by Crippen LogP contribution is 2.13. The normalized spacial score (nSPS) is 16.3. The van der Waals surface area contributed by atoms with Gasteiger partial charge in [-0.1, -0.05) is 59.3 Å². The monoisotopic (exact) mass is 272 g/mol. The highest BCUT2D eigenvalue weighted by molar-refractivity contribution is 4.52. The molecule has 0 saturated carbocycles. The van der Waals surface area contributed by atoms with Gasteiger partial charge >= 0.3 is 0 Å². The van der Waals surface area contributed by atoms with Crippen molar-refractivity contribution in [3.63, 3.8) is 0 Å². The number of rotatable bonds is 13. The van der Waals surface area contributed by atoms with Crippen LogP contribution in [0, 0.1) is 5.21 Å². The van der Waals surface area contributed by atoms with Crippen LogP contribution in [0.3, 0.4) is 0 Å². The molecule has 0 spiro atoms. The largest absolute Gasteiger partial charge is 0.611 e. The SMILES string of the molecule is CCCCCCCCCN[N+]([O-])(CCC)C(C)CC. The van der Waals surface area contributed by atoms with Crippen LogP contribution in [0.2, 0.25) is 0 Å². The molecule has 0 aliphatic carbocycles. The fourth-order valence-corrected chi connectivity index (χ4v) is 2.43. The number of quaternary nitrogens is 1. The van der Waals surface area contributed by atoms with Crippen LogP contribution >= 0.6 is 0 Å². The smallest absolute Gasteiger partial charge is 0.103 e. The van der Waals surface area contributed by atoms with Gasteiger partial charge in [-0.2, -0.15) is 5.43 Å². The first-order valence-corrected chi connectivity index (χ1v) is 8.44. The molecule has 0 aromatic heterocycles. The van der Waals surface area contributed by atoms with Crippen LogP contribution in [-0.2, 0) is 0 Å². The van der Waals surface area contributed by atoms with Gasteiger partial charge in [-0.25, -0.2) is 0 Å². The zero-order chi connectivity index (χ0) is 14.6. The van der Waals surface area contributed by atoms with E-state index in [2.05, 4.69) is 33.1 Å². The Morgan fingerprint density at radius 2 is 1.47 bits per heavy atom. The zero-order valence-electron chi connectivity index (χ0n) is 13.7. The van der Waals surface area contributed by atoms with Crippen molar-refractivity contribution in [3.8, 4) is 0 Å². The molecule has 2 unspecified atom stereocenters. The molecule has 116 valence electrons. The molecule has 0 rings (SSSR count). The second-order valence-electron chi connectivity index (χ2n) is 5.81. The number of hydroxylamine groups is 2. The highest BCUT2D eigenvalue weighted by atomic mass is 16.6. The summed E-state index contributed by atoms with van der Waals surface area (Å²) in [6.45, 7) is 10.0. The Morgan fingerprint density at radius 1 is 0.895 bits per heavy atom. The summed E-state index contributed by atoms with van der Waals surface area (Å²) in [5.41, 5.74) is 3.23. The van der Waals surface area contributed by atoms with E-state index in [4.69, 9.17) is 0 Å². The molecule has 0 aromatic rings. The molecule has 0 radical (unpaired) electrons. The molecule has 1 N–H and O–H groups in total. The molecule has 0 bridgehead atoms. The standard InChI is InChI=1S/C16H36N2O/c1-5-8-9-10-11-12-13-14-17-18(19,15-6-2)16(4)7-3/h16-17H,5-15H2,1-4H3. The minimum absolute atomic E-state index is 0.157. The molecule has 0 aromatic carbocycles. The summed E-state index contributed by atoms with van der Waals surface area (Å²) < 4.78 is -0.206. The average Bonchev–Trinajstić information content (AvgIpc) is 2.41. The van der Waals surface area contributed by atoms with Crippen LogP contribution in [0.1, 0.15) is 85.5 Å². The van der Waals surface area contributed by atoms with Gasteiger partial charge in [0.05, 0.1) is 6.54 Å². The molecule has 2 atom stereocenters. The van der Waals surface area contributed by atoms with E-state index < -0.39 is 0 Å². The highest BCUT2D eigenvalue weighted by Gasteiger charge is 2.22. The van der Waals surface area contributed by atoms with Gasteiger partial charge in [0.15, 0.2) is 0 Å². The molecule has 0 fully saturated rings. The first kappa shape index (κ1) is 18.9. The van der Waals surface area contributed by atoms with E-state index in [0.717, 1.165) is 25.8 Å². The summed E-state index contributed by atoms with van der Waals surface area (Å²) in [6, 6.07) is 0.157. The quantitative estimate of drug-likeness (QED) is 0.298. The molecule has 0 heterocycles. The second-order valence-corrected chi connectivity index (χ2v) is 5.81. The maximum absolute atomic E-state index is 12.6. The zero-order valence-corrected chi connectivity index (χ0v) is 13.7. The number of unbranched alkanes of at least 4 members (excludes halogenated alkanes) is 6. The first-order valence-electron chi connectivity index (χ1n) is 8.44. The van der Waals surface area contributed by atoms with Crippen LogP contribution in [0.15, 0.2) is 0 Å². The average molecular weight is 272 g/mol. The molecule has 0 aliphatic heterocycles. The summed E-state index contributed by atoms with van der Waals surface area (Å²) in [4.78, 5) is 0. The number of nitrogens with zero attached hydrogens (tertiary/aromatic N) is 1. The van der Waals surface area contributed by atoms with Crippen LogP contribution in [-0.4, -0.2) is 23.9 Å². The predicted octanol–water partition coefficient (Wildman–Crippen LogP) is 4.76. The lowest BCUT2D eigenvalue weighted by atomic mass is 10.1. The lowest BCUT2D eigenvalue weighted by Gasteiger charge is -2.46. The molecule has 3 heteroatoms. The lowest BCUT2D eigenvalue weighted by Crippen LogP contribution is -2.59. The third-order valence-corrected chi connectivity index (χ3v) is 4.02. The second kappa shape index (κ2) is 11.7. The molecular formula is C16H36N2O. The molecule has 0 aliphatic rings. The molecule has 0 amide bonds. The van der Waals surface area contributed by atoms with Crippen molar-refractivity contribution in [3.05, 3.63) is 5.21 Å². The van der Waals surface area contributed by atoms with Crippen molar-refractivity contribution in [2.24, 2.45) is 0 Å². The topological polar surface area (TPSA) is 35.1 Å². The van der Waals surface area contributed by atoms with Gasteiger partial charge in [-0.3, -0.25) is 4.76 Å². The molecular weight excluding hydrogens is 236 g/mol. The van der Waals surface area contributed by atoms with E-state index in [9.17, 15) is 5.21 Å². The van der Waals surface area contributed by atoms with Crippen molar-refractivity contribution in [2.45, 2.75) is 91.5 Å². The van der Waals surface area contributed by atoms with Crippen LogP contribution in [0.4, 0.5) is 0 Å². The van der Waals surface area contributed by atoms with E-state index in [1.165, 1.54) is 38.5 Å². The van der Waals surface area contributed by atoms with Gasteiger partial charge in [0.25, 0.3) is 0 Å². The van der Waals surface area contributed by atoms with Crippen LogP contribution in [0.25, 0.3) is 0 Å². The van der Waals surface area contributed by atoms with Crippen molar-refractivity contribution in [1.29, 1.82) is 0 Å². The Bertz CT molecular complexity index is 199. The Morgan fingerprint density at radius 3 is 2.00 bits per heavy atom. The number of nitrogens with one attached hydrogen (secondary N) is 1. The Labute approximate surface area is 120 Å². The third kappa shape index (κ3) is 8.61. The van der Waals surface area contributed by atoms with Gasteiger partial charge in [0.2, 0.25) is 0 Å².